The Morgan fingerprint density at radius 2 is 1.61 bits per heavy atom. The summed E-state index contributed by atoms with van der Waals surface area (Å²) in [4.78, 5) is 23.1. The van der Waals surface area contributed by atoms with E-state index in [0.29, 0.717) is 22.9 Å². The number of benzene rings is 2. The Hall–Kier alpha value is -3.61. The molecule has 3 N–H and O–H groups in total. The van der Waals surface area contributed by atoms with Gasteiger partial charge in [0.05, 0.1) is 5.52 Å². The predicted octanol–water partition coefficient (Wildman–Crippen LogP) is 4.63. The van der Waals surface area contributed by atoms with Gasteiger partial charge in [-0.05, 0) is 68.7 Å². The monoisotopic (exact) mass is 375 g/mol. The number of nitrogens with one attached hydrogen (secondary N) is 3. The molecule has 0 aliphatic heterocycles. The molecule has 0 unspecified atom stereocenters. The van der Waals surface area contributed by atoms with Gasteiger partial charge in [0.2, 0.25) is 5.95 Å². The Balaban J connectivity index is 1.65. The smallest absolute Gasteiger partial charge is 0.408 e. The van der Waals surface area contributed by atoms with E-state index in [-0.39, 0.29) is 0 Å². The average molecular weight is 375 g/mol. The van der Waals surface area contributed by atoms with E-state index in [0.717, 1.165) is 22.5 Å². The topological polar surface area (TPSA) is 95.8 Å². The molecule has 0 aliphatic carbocycles. The van der Waals surface area contributed by atoms with Gasteiger partial charge in [-0.15, -0.1) is 0 Å². The van der Waals surface area contributed by atoms with Gasteiger partial charge >= 0.3 is 5.76 Å². The van der Waals surface area contributed by atoms with Crippen LogP contribution in [0.25, 0.3) is 11.1 Å². The molecule has 0 saturated heterocycles. The van der Waals surface area contributed by atoms with Gasteiger partial charge in [-0.2, -0.15) is 4.98 Å². The van der Waals surface area contributed by atoms with Crippen molar-refractivity contribution in [1.29, 1.82) is 0 Å². The molecule has 0 atom stereocenters. The fraction of sp³-hybridized carbons (Fsp3) is 0.190. The molecule has 0 saturated carbocycles. The second-order valence-corrected chi connectivity index (χ2v) is 7.04. The average Bonchev–Trinajstić information content (AvgIpc) is 2.98. The summed E-state index contributed by atoms with van der Waals surface area (Å²) in [6.07, 6.45) is 1.77. The van der Waals surface area contributed by atoms with E-state index in [1.54, 1.807) is 6.20 Å². The highest BCUT2D eigenvalue weighted by atomic mass is 16.4. The number of oxazole rings is 1. The molecule has 0 aliphatic rings. The van der Waals surface area contributed by atoms with Crippen LogP contribution in [-0.2, 0) is 0 Å². The Morgan fingerprint density at radius 1 is 0.893 bits per heavy atom. The van der Waals surface area contributed by atoms with Gasteiger partial charge in [-0.25, -0.2) is 9.78 Å². The lowest BCUT2D eigenvalue weighted by molar-refractivity contribution is 0.553. The second kappa shape index (κ2) is 6.84. The number of hydrogen-bond donors (Lipinski definition) is 3. The third-order valence-electron chi connectivity index (χ3n) is 4.42. The minimum absolute atomic E-state index is 0.464. The van der Waals surface area contributed by atoms with Gasteiger partial charge in [0.1, 0.15) is 5.82 Å². The summed E-state index contributed by atoms with van der Waals surface area (Å²) in [5.74, 6) is 0.729. The molecule has 0 fully saturated rings. The van der Waals surface area contributed by atoms with Gasteiger partial charge in [0.15, 0.2) is 5.58 Å². The summed E-state index contributed by atoms with van der Waals surface area (Å²) in [6.45, 7) is 7.94. The Labute approximate surface area is 161 Å². The SMILES string of the molecule is Cc1cc(C)cc(Nc2ncc(C)c(Nc3cc(C)c4oc(=O)[nH]c4c3)n2)c1. The van der Waals surface area contributed by atoms with Crippen LogP contribution >= 0.6 is 0 Å². The lowest BCUT2D eigenvalue weighted by atomic mass is 10.1. The minimum Gasteiger partial charge on any atom is -0.408 e. The number of hydrogen-bond acceptors (Lipinski definition) is 6. The van der Waals surface area contributed by atoms with Crippen molar-refractivity contribution in [3.8, 4) is 0 Å². The minimum atomic E-state index is -0.464. The van der Waals surface area contributed by atoms with Crippen molar-refractivity contribution in [1.82, 2.24) is 15.0 Å². The molecule has 0 radical (unpaired) electrons. The summed E-state index contributed by atoms with van der Waals surface area (Å²) < 4.78 is 5.16. The van der Waals surface area contributed by atoms with Gasteiger partial charge in [0.25, 0.3) is 0 Å². The molecule has 2 heterocycles. The van der Waals surface area contributed by atoms with E-state index in [1.165, 1.54) is 11.1 Å². The zero-order valence-electron chi connectivity index (χ0n) is 16.2. The van der Waals surface area contributed by atoms with Gasteiger partial charge in [-0.3, -0.25) is 4.98 Å². The first-order valence-electron chi connectivity index (χ1n) is 8.97. The molecule has 4 rings (SSSR count). The molecular weight excluding hydrogens is 354 g/mol. The van der Waals surface area contributed by atoms with Crippen molar-refractivity contribution in [3.63, 3.8) is 0 Å². The van der Waals surface area contributed by atoms with E-state index in [1.807, 2.05) is 26.0 Å². The summed E-state index contributed by atoms with van der Waals surface area (Å²) in [7, 11) is 0. The number of anilines is 4. The molecule has 0 amide bonds. The molecule has 0 spiro atoms. The van der Waals surface area contributed by atoms with E-state index in [9.17, 15) is 4.79 Å². The van der Waals surface area contributed by atoms with Crippen LogP contribution in [0.3, 0.4) is 0 Å². The number of fused-ring (bicyclic) bond motifs is 1. The van der Waals surface area contributed by atoms with Crippen LogP contribution in [0.2, 0.25) is 0 Å². The highest BCUT2D eigenvalue weighted by Crippen LogP contribution is 2.26. The maximum Gasteiger partial charge on any atom is 0.417 e. The van der Waals surface area contributed by atoms with Crippen molar-refractivity contribution < 1.29 is 4.42 Å². The summed E-state index contributed by atoms with van der Waals surface area (Å²) in [5.41, 5.74) is 7.07. The molecule has 7 nitrogen and oxygen atoms in total. The third-order valence-corrected chi connectivity index (χ3v) is 4.42. The van der Waals surface area contributed by atoms with Gasteiger partial charge < -0.3 is 15.1 Å². The summed E-state index contributed by atoms with van der Waals surface area (Å²) in [6, 6.07) is 9.96. The predicted molar refractivity (Wildman–Crippen MR) is 111 cm³/mol. The second-order valence-electron chi connectivity index (χ2n) is 7.04. The van der Waals surface area contributed by atoms with Crippen molar-refractivity contribution >= 4 is 34.2 Å². The molecule has 4 aromatic rings. The molecule has 2 aromatic heterocycles. The maximum atomic E-state index is 11.5. The van der Waals surface area contributed by atoms with E-state index in [4.69, 9.17) is 4.42 Å². The fourth-order valence-electron chi connectivity index (χ4n) is 3.24. The van der Waals surface area contributed by atoms with E-state index < -0.39 is 5.76 Å². The van der Waals surface area contributed by atoms with Crippen LogP contribution in [0.4, 0.5) is 23.1 Å². The standard InChI is InChI=1S/C21H21N5O2/c1-11-5-12(2)7-15(6-11)24-20-22-10-14(4)19(26-20)23-16-8-13(3)18-17(9-16)25-21(27)28-18/h5-10H,1-4H3,(H,25,27)(H2,22,23,24,26). The maximum absolute atomic E-state index is 11.5. The van der Waals surface area contributed by atoms with E-state index >= 15 is 0 Å². The van der Waals surface area contributed by atoms with Crippen molar-refractivity contribution in [2.24, 2.45) is 0 Å². The number of rotatable bonds is 4. The van der Waals surface area contributed by atoms with Gasteiger partial charge in [0, 0.05) is 23.1 Å². The van der Waals surface area contributed by atoms with Crippen LogP contribution in [-0.4, -0.2) is 15.0 Å². The van der Waals surface area contributed by atoms with Crippen LogP contribution in [0.5, 0.6) is 0 Å². The molecule has 28 heavy (non-hydrogen) atoms. The number of H-pyrrole nitrogens is 1. The Bertz CT molecular complexity index is 1220. The highest BCUT2D eigenvalue weighted by Gasteiger charge is 2.10. The first-order chi connectivity index (χ1) is 13.4. The number of aromatic amines is 1. The quantitative estimate of drug-likeness (QED) is 0.481. The highest BCUT2D eigenvalue weighted by molar-refractivity contribution is 5.81. The number of nitrogens with zero attached hydrogens (tertiary/aromatic N) is 2. The van der Waals surface area contributed by atoms with Crippen LogP contribution < -0.4 is 16.4 Å². The largest absolute Gasteiger partial charge is 0.417 e. The number of aromatic nitrogens is 3. The zero-order chi connectivity index (χ0) is 19.8. The lowest BCUT2D eigenvalue weighted by Crippen LogP contribution is -2.03. The normalized spacial score (nSPS) is 11.0. The van der Waals surface area contributed by atoms with Crippen molar-refractivity contribution in [2.75, 3.05) is 10.6 Å². The molecular formula is C21H21N5O2. The molecule has 7 heteroatoms. The number of aryl methyl sites for hydroxylation is 4. The molecule has 2 aromatic carbocycles. The van der Waals surface area contributed by atoms with Crippen LogP contribution in [0, 0.1) is 27.7 Å². The van der Waals surface area contributed by atoms with Crippen LogP contribution in [0.1, 0.15) is 22.3 Å². The molecule has 142 valence electrons. The zero-order valence-corrected chi connectivity index (χ0v) is 16.2. The first kappa shape index (κ1) is 17.8. The lowest BCUT2D eigenvalue weighted by Gasteiger charge is -2.12. The Morgan fingerprint density at radius 3 is 2.36 bits per heavy atom. The summed E-state index contributed by atoms with van der Waals surface area (Å²) in [5, 5.41) is 6.57. The van der Waals surface area contributed by atoms with Crippen molar-refractivity contribution in [3.05, 3.63) is 69.3 Å². The Kier molecular flexibility index (Phi) is 4.35. The fourth-order valence-corrected chi connectivity index (χ4v) is 3.24. The molecule has 0 bridgehead atoms. The van der Waals surface area contributed by atoms with E-state index in [2.05, 4.69) is 57.6 Å². The van der Waals surface area contributed by atoms with Gasteiger partial charge in [-0.1, -0.05) is 6.07 Å². The van der Waals surface area contributed by atoms with Crippen molar-refractivity contribution in [2.45, 2.75) is 27.7 Å². The first-order valence-corrected chi connectivity index (χ1v) is 8.97. The summed E-state index contributed by atoms with van der Waals surface area (Å²) >= 11 is 0. The van der Waals surface area contributed by atoms with Crippen LogP contribution in [0.15, 0.2) is 45.7 Å². The third kappa shape index (κ3) is 3.59.